The number of halogens is 2. The van der Waals surface area contributed by atoms with Crippen molar-refractivity contribution in [1.82, 2.24) is 8.80 Å². The molecule has 0 N–H and O–H groups in total. The number of hydrogen-bond acceptors (Lipinski definition) is 1. The third kappa shape index (κ3) is 2.27. The van der Waals surface area contributed by atoms with Crippen LogP contribution >= 0.6 is 23.2 Å². The van der Waals surface area contributed by atoms with E-state index in [0.29, 0.717) is 0 Å². The SMILES string of the molecule is Clc1ccc2c3cc4oc5cc6c7ccc(Cl)c8c9ccccc9n(c6cc5c4cc3n3c4ccccc4c1c23)c78. The van der Waals surface area contributed by atoms with Gasteiger partial charge in [-0.05, 0) is 48.5 Å². The Labute approximate surface area is 240 Å². The fourth-order valence-electron chi connectivity index (χ4n) is 7.69. The van der Waals surface area contributed by atoms with Gasteiger partial charge in [-0.1, -0.05) is 71.7 Å². The van der Waals surface area contributed by atoms with Crippen LogP contribution in [-0.2, 0) is 0 Å². The predicted molar refractivity (Wildman–Crippen MR) is 173 cm³/mol. The second-order valence-corrected chi connectivity index (χ2v) is 12.0. The van der Waals surface area contributed by atoms with Crippen LogP contribution in [0.4, 0.5) is 0 Å². The first-order valence-corrected chi connectivity index (χ1v) is 14.4. The van der Waals surface area contributed by atoms with Crippen LogP contribution in [0.15, 0.2) is 101 Å². The third-order valence-corrected chi connectivity index (χ3v) is 9.93. The Hall–Kier alpha value is -4.70. The van der Waals surface area contributed by atoms with Crippen molar-refractivity contribution in [2.75, 3.05) is 0 Å². The number of fused-ring (bicyclic) bond motifs is 15. The van der Waals surface area contributed by atoms with Crippen LogP contribution in [-0.4, -0.2) is 8.80 Å². The molecule has 5 heterocycles. The summed E-state index contributed by atoms with van der Waals surface area (Å²) in [5.74, 6) is 0. The highest BCUT2D eigenvalue weighted by Crippen LogP contribution is 2.46. The van der Waals surface area contributed by atoms with Gasteiger partial charge in [0.25, 0.3) is 0 Å². The minimum absolute atomic E-state index is 0.779. The van der Waals surface area contributed by atoms with Crippen LogP contribution in [0, 0.1) is 0 Å². The molecule has 0 unspecified atom stereocenters. The zero-order valence-corrected chi connectivity index (χ0v) is 22.8. The van der Waals surface area contributed by atoms with Crippen molar-refractivity contribution in [3.05, 3.63) is 107 Å². The lowest BCUT2D eigenvalue weighted by atomic mass is 10.0. The number of rotatable bonds is 0. The molecule has 11 rings (SSSR count). The summed E-state index contributed by atoms with van der Waals surface area (Å²) in [5.41, 5.74) is 8.76. The average Bonchev–Trinajstić information content (AvgIpc) is 3.76. The lowest BCUT2D eigenvalue weighted by molar-refractivity contribution is 0.670. The average molecular weight is 563 g/mol. The smallest absolute Gasteiger partial charge is 0.136 e. The molecule has 0 aliphatic carbocycles. The van der Waals surface area contributed by atoms with E-state index in [0.717, 1.165) is 64.8 Å². The van der Waals surface area contributed by atoms with Crippen LogP contribution in [0.5, 0.6) is 0 Å². The molecule has 5 heteroatoms. The second kappa shape index (κ2) is 6.77. The van der Waals surface area contributed by atoms with Gasteiger partial charge in [0.2, 0.25) is 0 Å². The predicted octanol–water partition coefficient (Wildman–Crippen LogP) is 11.2. The van der Waals surface area contributed by atoms with Gasteiger partial charge < -0.3 is 13.2 Å². The molecule has 0 aliphatic heterocycles. The largest absolute Gasteiger partial charge is 0.456 e. The summed E-state index contributed by atoms with van der Waals surface area (Å²) in [6, 6.07) is 34.4. The molecule has 0 radical (unpaired) electrons. The lowest BCUT2D eigenvalue weighted by Crippen LogP contribution is -1.81. The summed E-state index contributed by atoms with van der Waals surface area (Å²) in [7, 11) is 0. The van der Waals surface area contributed by atoms with E-state index in [4.69, 9.17) is 27.6 Å². The zero-order valence-electron chi connectivity index (χ0n) is 21.3. The molecule has 0 amide bonds. The summed E-state index contributed by atoms with van der Waals surface area (Å²) in [5, 5.41) is 13.0. The molecule has 6 aromatic carbocycles. The number of hydrogen-bond donors (Lipinski definition) is 0. The highest BCUT2D eigenvalue weighted by Gasteiger charge is 2.23. The number of aromatic nitrogens is 2. The standard InChI is InChI=1S/C36H16Cl2N2O/c37-25-11-9-17-21-15-31-23(13-29(21)39-27-7-3-1-5-19(27)33(25)35(17)39)24-14-30-22(16-32(24)41-31)18-10-12-26(38)34-20-6-2-4-8-28(20)40(30)36(18)34/h1-16H. The van der Waals surface area contributed by atoms with Crippen molar-refractivity contribution < 1.29 is 4.42 Å². The second-order valence-electron chi connectivity index (χ2n) is 11.2. The maximum Gasteiger partial charge on any atom is 0.136 e. The number of nitrogens with zero attached hydrogens (tertiary/aromatic N) is 2. The highest BCUT2D eigenvalue weighted by atomic mass is 35.5. The molecule has 0 bridgehead atoms. The Kier molecular flexibility index (Phi) is 3.49. The van der Waals surface area contributed by atoms with Crippen molar-refractivity contribution >= 4 is 121 Å². The molecule has 0 saturated carbocycles. The normalized spacial score (nSPS) is 13.1. The van der Waals surface area contributed by atoms with Crippen LogP contribution in [0.1, 0.15) is 0 Å². The minimum Gasteiger partial charge on any atom is -0.456 e. The van der Waals surface area contributed by atoms with E-state index in [1.807, 2.05) is 12.1 Å². The maximum atomic E-state index is 6.78. The van der Waals surface area contributed by atoms with Crippen molar-refractivity contribution in [1.29, 1.82) is 0 Å². The Balaban J connectivity index is 1.35. The molecule has 0 aliphatic rings. The molecular formula is C36H16Cl2N2O. The van der Waals surface area contributed by atoms with E-state index in [1.165, 1.54) is 43.4 Å². The van der Waals surface area contributed by atoms with Crippen molar-refractivity contribution in [2.45, 2.75) is 0 Å². The molecule has 3 nitrogen and oxygen atoms in total. The van der Waals surface area contributed by atoms with E-state index in [1.54, 1.807) is 0 Å². The zero-order chi connectivity index (χ0) is 26.7. The van der Waals surface area contributed by atoms with Crippen molar-refractivity contribution in [3.63, 3.8) is 0 Å². The van der Waals surface area contributed by atoms with Crippen LogP contribution < -0.4 is 0 Å². The Morgan fingerprint density at radius 1 is 0.415 bits per heavy atom. The summed E-state index contributed by atoms with van der Waals surface area (Å²) in [6.45, 7) is 0. The number of benzene rings is 6. The first-order valence-electron chi connectivity index (χ1n) is 13.7. The Morgan fingerprint density at radius 3 is 1.37 bits per heavy atom. The van der Waals surface area contributed by atoms with E-state index in [2.05, 4.69) is 93.7 Å². The fourth-order valence-corrected chi connectivity index (χ4v) is 8.20. The third-order valence-electron chi connectivity index (χ3n) is 9.30. The molecule has 0 saturated heterocycles. The quantitative estimate of drug-likeness (QED) is 0.180. The highest BCUT2D eigenvalue weighted by molar-refractivity contribution is 6.41. The van der Waals surface area contributed by atoms with E-state index in [9.17, 15) is 0 Å². The molecule has 11 aromatic rings. The van der Waals surface area contributed by atoms with Gasteiger partial charge in [0.1, 0.15) is 11.2 Å². The van der Waals surface area contributed by atoms with Gasteiger partial charge in [-0.3, -0.25) is 0 Å². The summed E-state index contributed by atoms with van der Waals surface area (Å²) in [4.78, 5) is 0. The van der Waals surface area contributed by atoms with Crippen molar-refractivity contribution in [2.24, 2.45) is 0 Å². The van der Waals surface area contributed by atoms with Crippen molar-refractivity contribution in [3.8, 4) is 0 Å². The lowest BCUT2D eigenvalue weighted by Gasteiger charge is -1.99. The van der Waals surface area contributed by atoms with Gasteiger partial charge in [0.15, 0.2) is 0 Å². The van der Waals surface area contributed by atoms with Gasteiger partial charge in [-0.2, -0.15) is 0 Å². The van der Waals surface area contributed by atoms with Gasteiger partial charge in [-0.15, -0.1) is 0 Å². The summed E-state index contributed by atoms with van der Waals surface area (Å²) in [6.07, 6.45) is 0. The fraction of sp³-hybridized carbons (Fsp3) is 0. The minimum atomic E-state index is 0.779. The van der Waals surface area contributed by atoms with E-state index < -0.39 is 0 Å². The van der Waals surface area contributed by atoms with E-state index in [-0.39, 0.29) is 0 Å². The topological polar surface area (TPSA) is 22.0 Å². The van der Waals surface area contributed by atoms with Gasteiger partial charge in [0, 0.05) is 53.9 Å². The van der Waals surface area contributed by atoms with Gasteiger partial charge >= 0.3 is 0 Å². The van der Waals surface area contributed by atoms with Crippen LogP contribution in [0.25, 0.3) is 98.1 Å². The van der Waals surface area contributed by atoms with Gasteiger partial charge in [-0.25, -0.2) is 0 Å². The monoisotopic (exact) mass is 562 g/mol. The molecule has 0 atom stereocenters. The number of furan rings is 1. The molecule has 0 spiro atoms. The maximum absolute atomic E-state index is 6.78. The Bertz CT molecular complexity index is 2740. The van der Waals surface area contributed by atoms with Gasteiger partial charge in [0.05, 0.1) is 43.1 Å². The molecule has 5 aromatic heterocycles. The summed E-state index contributed by atoms with van der Waals surface area (Å²) >= 11 is 13.6. The first kappa shape index (κ1) is 21.1. The molecule has 190 valence electrons. The molecule has 41 heavy (non-hydrogen) atoms. The Morgan fingerprint density at radius 2 is 0.878 bits per heavy atom. The van der Waals surface area contributed by atoms with Crippen LogP contribution in [0.2, 0.25) is 10.0 Å². The summed E-state index contributed by atoms with van der Waals surface area (Å²) < 4.78 is 11.3. The van der Waals surface area contributed by atoms with E-state index >= 15 is 0 Å². The molecule has 0 fully saturated rings. The van der Waals surface area contributed by atoms with Crippen LogP contribution in [0.3, 0.4) is 0 Å². The first-order chi connectivity index (χ1) is 20.2. The molecular weight excluding hydrogens is 547 g/mol. The number of para-hydroxylation sites is 2.